The molecule has 0 aliphatic rings. The van der Waals surface area contributed by atoms with Crippen molar-refractivity contribution in [1.82, 2.24) is 20.0 Å². The molecule has 0 aliphatic carbocycles. The first-order valence-electron chi connectivity index (χ1n) is 10.7. The van der Waals surface area contributed by atoms with Gasteiger partial charge in [-0.3, -0.25) is 14.3 Å². The van der Waals surface area contributed by atoms with Crippen LogP contribution in [0.5, 0.6) is 11.6 Å². The van der Waals surface area contributed by atoms with Crippen LogP contribution in [0.1, 0.15) is 36.1 Å². The van der Waals surface area contributed by atoms with Gasteiger partial charge in [0.1, 0.15) is 16.6 Å². The molecule has 2 N–H and O–H groups in total. The number of ether oxygens (including phenoxy) is 1. The number of carbonyl (C=O) groups is 1. The number of nitrogen functional groups attached to an aromatic ring is 1. The second-order valence-corrected chi connectivity index (χ2v) is 8.40. The Morgan fingerprint density at radius 1 is 1.11 bits per heavy atom. The minimum Gasteiger partial charge on any atom is -0.436 e. The van der Waals surface area contributed by atoms with Crippen LogP contribution in [-0.2, 0) is 6.42 Å². The first-order valence-corrected chi connectivity index (χ1v) is 11.1. The van der Waals surface area contributed by atoms with Gasteiger partial charge in [0.2, 0.25) is 11.3 Å². The second kappa shape index (κ2) is 10.0. The largest absolute Gasteiger partial charge is 0.436 e. The van der Waals surface area contributed by atoms with E-state index >= 15 is 0 Å². The van der Waals surface area contributed by atoms with Crippen LogP contribution in [-0.4, -0.2) is 25.8 Å². The van der Waals surface area contributed by atoms with Crippen LogP contribution in [0.2, 0.25) is 5.02 Å². The third-order valence-corrected chi connectivity index (χ3v) is 5.53. The van der Waals surface area contributed by atoms with E-state index in [4.69, 9.17) is 22.1 Å². The van der Waals surface area contributed by atoms with Crippen molar-refractivity contribution < 1.29 is 13.9 Å². The second-order valence-electron chi connectivity index (χ2n) is 8.03. The van der Waals surface area contributed by atoms with Gasteiger partial charge in [-0.15, -0.1) is 5.10 Å². The van der Waals surface area contributed by atoms with E-state index in [2.05, 4.69) is 15.3 Å². The van der Waals surface area contributed by atoms with Crippen molar-refractivity contribution in [2.45, 2.75) is 26.3 Å². The molecule has 35 heavy (non-hydrogen) atoms. The van der Waals surface area contributed by atoms with Gasteiger partial charge in [-0.25, -0.2) is 4.39 Å². The van der Waals surface area contributed by atoms with Gasteiger partial charge >= 0.3 is 0 Å². The van der Waals surface area contributed by atoms with Gasteiger partial charge in [0.25, 0.3) is 0 Å². The zero-order valence-electron chi connectivity index (χ0n) is 18.9. The molecule has 0 radical (unpaired) electrons. The maximum Gasteiger partial charge on any atom is 0.238 e. The van der Waals surface area contributed by atoms with Gasteiger partial charge < -0.3 is 10.5 Å². The number of hydrogen-bond donors (Lipinski definition) is 1. The number of benzene rings is 2. The molecule has 2 aromatic heterocycles. The summed E-state index contributed by atoms with van der Waals surface area (Å²) in [4.78, 5) is 26.1. The third kappa shape index (κ3) is 5.36. The standard InChI is InChI=1S/C25H21ClFN5O3/c1-14(2)32-13-18(15-6-8-16(27)9-7-15)25(34)24(31-32)20(33)12-17-10-11-22(30-29-17)35-21-5-3-4-19(28)23(21)26/h3-11,13-14H,12,28H2,1-2H3. The van der Waals surface area contributed by atoms with E-state index in [0.29, 0.717) is 22.7 Å². The quantitative estimate of drug-likeness (QED) is 0.288. The number of aromatic nitrogens is 4. The fourth-order valence-corrected chi connectivity index (χ4v) is 3.42. The highest BCUT2D eigenvalue weighted by atomic mass is 35.5. The summed E-state index contributed by atoms with van der Waals surface area (Å²) >= 11 is 6.13. The molecular formula is C25H21ClFN5O3. The molecule has 0 unspecified atom stereocenters. The Morgan fingerprint density at radius 2 is 1.86 bits per heavy atom. The molecular weight excluding hydrogens is 473 g/mol. The number of rotatable bonds is 7. The number of halogens is 2. The molecule has 0 saturated carbocycles. The van der Waals surface area contributed by atoms with Gasteiger partial charge in [-0.2, -0.15) is 10.2 Å². The SMILES string of the molecule is CC(C)n1cc(-c2ccc(F)cc2)c(=O)c(C(=O)Cc2ccc(Oc3cccc(N)c3Cl)nn2)n1. The van der Waals surface area contributed by atoms with Crippen LogP contribution in [0, 0.1) is 5.82 Å². The molecule has 0 saturated heterocycles. The number of anilines is 1. The smallest absolute Gasteiger partial charge is 0.238 e. The highest BCUT2D eigenvalue weighted by Crippen LogP contribution is 2.32. The lowest BCUT2D eigenvalue weighted by atomic mass is 10.0. The van der Waals surface area contributed by atoms with Crippen molar-refractivity contribution in [2.24, 2.45) is 0 Å². The molecule has 0 spiro atoms. The van der Waals surface area contributed by atoms with E-state index in [9.17, 15) is 14.0 Å². The average molecular weight is 494 g/mol. The molecule has 0 amide bonds. The Hall–Kier alpha value is -4.11. The number of nitrogens with zero attached hydrogens (tertiary/aromatic N) is 4. The Bertz CT molecular complexity index is 1440. The van der Waals surface area contributed by atoms with Gasteiger partial charge in [0, 0.05) is 23.9 Å². The molecule has 8 nitrogen and oxygen atoms in total. The van der Waals surface area contributed by atoms with Crippen LogP contribution in [0.15, 0.2) is 65.6 Å². The summed E-state index contributed by atoms with van der Waals surface area (Å²) < 4.78 is 20.5. The van der Waals surface area contributed by atoms with Gasteiger partial charge in [-0.1, -0.05) is 29.8 Å². The van der Waals surface area contributed by atoms with Crippen molar-refractivity contribution in [3.63, 3.8) is 0 Å². The predicted molar refractivity (Wildman–Crippen MR) is 130 cm³/mol. The van der Waals surface area contributed by atoms with E-state index in [0.717, 1.165) is 0 Å². The van der Waals surface area contributed by atoms with Crippen LogP contribution < -0.4 is 15.9 Å². The highest BCUT2D eigenvalue weighted by molar-refractivity contribution is 6.34. The van der Waals surface area contributed by atoms with Gasteiger partial charge in [-0.05, 0) is 49.7 Å². The summed E-state index contributed by atoms with van der Waals surface area (Å²) in [5.74, 6) is -0.462. The van der Waals surface area contributed by atoms with Crippen molar-refractivity contribution in [3.05, 3.63) is 93.2 Å². The monoisotopic (exact) mass is 493 g/mol. The van der Waals surface area contributed by atoms with Gasteiger partial charge in [0.05, 0.1) is 17.8 Å². The molecule has 2 heterocycles. The number of hydrogen-bond acceptors (Lipinski definition) is 7. The number of carbonyl (C=O) groups excluding carboxylic acids is 1. The van der Waals surface area contributed by atoms with Crippen LogP contribution in [0.4, 0.5) is 10.1 Å². The van der Waals surface area contributed by atoms with Crippen LogP contribution >= 0.6 is 11.6 Å². The number of nitrogens with two attached hydrogens (primary N) is 1. The minimum atomic E-state index is -0.539. The lowest BCUT2D eigenvalue weighted by Gasteiger charge is -2.13. The zero-order chi connectivity index (χ0) is 25.1. The molecule has 4 aromatic rings. The molecule has 2 aromatic carbocycles. The number of Topliss-reactive ketones (excluding diaryl/α,β-unsaturated/α-hetero) is 1. The maximum absolute atomic E-state index is 13.4. The molecule has 0 bridgehead atoms. The molecule has 4 rings (SSSR count). The first kappa shape index (κ1) is 24.0. The highest BCUT2D eigenvalue weighted by Gasteiger charge is 2.20. The molecule has 0 atom stereocenters. The van der Waals surface area contributed by atoms with E-state index in [1.165, 1.54) is 35.0 Å². The van der Waals surface area contributed by atoms with Crippen LogP contribution in [0.3, 0.4) is 0 Å². The van der Waals surface area contributed by atoms with Crippen molar-refractivity contribution >= 4 is 23.1 Å². The summed E-state index contributed by atoms with van der Waals surface area (Å²) in [7, 11) is 0. The Labute approximate surface area is 205 Å². The molecule has 10 heteroatoms. The minimum absolute atomic E-state index is 0.114. The first-order chi connectivity index (χ1) is 16.7. The lowest BCUT2D eigenvalue weighted by Crippen LogP contribution is -2.25. The van der Waals surface area contributed by atoms with E-state index in [-0.39, 0.29) is 34.6 Å². The summed E-state index contributed by atoms with van der Waals surface area (Å²) in [6, 6.07) is 13.4. The normalized spacial score (nSPS) is 11.0. The van der Waals surface area contributed by atoms with E-state index in [1.54, 1.807) is 30.5 Å². The summed E-state index contributed by atoms with van der Waals surface area (Å²) in [6.07, 6.45) is 1.37. The maximum atomic E-state index is 13.4. The summed E-state index contributed by atoms with van der Waals surface area (Å²) in [5, 5.41) is 12.5. The fourth-order valence-electron chi connectivity index (χ4n) is 3.25. The number of ketones is 1. The topological polar surface area (TPSA) is 113 Å². The zero-order valence-corrected chi connectivity index (χ0v) is 19.7. The Kier molecular flexibility index (Phi) is 6.88. The Morgan fingerprint density at radius 3 is 2.51 bits per heavy atom. The molecule has 0 aliphatic heterocycles. The molecule has 0 fully saturated rings. The molecule has 178 valence electrons. The van der Waals surface area contributed by atoms with Crippen molar-refractivity contribution in [1.29, 1.82) is 0 Å². The lowest BCUT2D eigenvalue weighted by molar-refractivity contribution is 0.0983. The van der Waals surface area contributed by atoms with E-state index < -0.39 is 17.0 Å². The van der Waals surface area contributed by atoms with Crippen molar-refractivity contribution in [3.8, 4) is 22.8 Å². The summed E-state index contributed by atoms with van der Waals surface area (Å²) in [5.41, 5.74) is 6.43. The average Bonchev–Trinajstić information content (AvgIpc) is 2.84. The van der Waals surface area contributed by atoms with Crippen LogP contribution in [0.25, 0.3) is 11.1 Å². The third-order valence-electron chi connectivity index (χ3n) is 5.13. The van der Waals surface area contributed by atoms with Gasteiger partial charge in [0.15, 0.2) is 11.5 Å². The van der Waals surface area contributed by atoms with E-state index in [1.807, 2.05) is 13.8 Å². The fraction of sp³-hybridized carbons (Fsp3) is 0.160. The summed E-state index contributed by atoms with van der Waals surface area (Å²) in [6.45, 7) is 3.74. The predicted octanol–water partition coefficient (Wildman–Crippen LogP) is 4.87. The Balaban J connectivity index is 1.59. The van der Waals surface area contributed by atoms with Crippen molar-refractivity contribution in [2.75, 3.05) is 5.73 Å².